The summed E-state index contributed by atoms with van der Waals surface area (Å²) in [6.45, 7) is 3.19. The van der Waals surface area contributed by atoms with Gasteiger partial charge in [-0.05, 0) is 25.5 Å². The molecule has 29 heavy (non-hydrogen) atoms. The third kappa shape index (κ3) is 4.29. The summed E-state index contributed by atoms with van der Waals surface area (Å²) >= 11 is 0. The Morgan fingerprint density at radius 1 is 1.10 bits per heavy atom. The normalized spacial score (nSPS) is 16.2. The van der Waals surface area contributed by atoms with Crippen LogP contribution in [-0.4, -0.2) is 37.2 Å². The largest absolute Gasteiger partial charge is 0.463 e. The zero-order valence-electron chi connectivity index (χ0n) is 15.9. The maximum atomic E-state index is 12.4. The molecule has 1 aromatic heterocycles. The Hall–Kier alpha value is -3.62. The number of hydrogen-bond donors (Lipinski definition) is 2. The number of carbonyl (C=O) groups is 3. The first-order valence-corrected chi connectivity index (χ1v) is 9.12. The molecule has 2 aromatic rings. The number of para-hydroxylation sites is 1. The van der Waals surface area contributed by atoms with Crippen molar-refractivity contribution in [2.75, 3.05) is 13.2 Å². The third-order valence-corrected chi connectivity index (χ3v) is 4.36. The summed E-state index contributed by atoms with van der Waals surface area (Å²) in [5.74, 6) is -1.55. The van der Waals surface area contributed by atoms with E-state index < -0.39 is 36.2 Å². The number of esters is 2. The summed E-state index contributed by atoms with van der Waals surface area (Å²) in [4.78, 5) is 48.7. The molecule has 0 saturated carbocycles. The molecule has 1 atom stereocenters. The van der Waals surface area contributed by atoms with Crippen LogP contribution < -0.4 is 16.3 Å². The number of rotatable bonds is 6. The first-order valence-electron chi connectivity index (χ1n) is 9.12. The highest BCUT2D eigenvalue weighted by Gasteiger charge is 2.32. The van der Waals surface area contributed by atoms with Gasteiger partial charge >= 0.3 is 23.6 Å². The third-order valence-electron chi connectivity index (χ3n) is 4.36. The maximum Gasteiger partial charge on any atom is 0.351 e. The molecule has 0 bridgehead atoms. The second-order valence-corrected chi connectivity index (χ2v) is 6.23. The lowest BCUT2D eigenvalue weighted by atomic mass is 10.0. The smallest absolute Gasteiger partial charge is 0.351 e. The second kappa shape index (κ2) is 8.59. The summed E-state index contributed by atoms with van der Waals surface area (Å²) in [5, 5.41) is 5.65. The Balaban J connectivity index is 1.86. The number of amides is 2. The van der Waals surface area contributed by atoms with E-state index in [1.807, 2.05) is 0 Å². The minimum absolute atomic E-state index is 0.109. The first-order chi connectivity index (χ1) is 13.9. The van der Waals surface area contributed by atoms with Gasteiger partial charge in [0, 0.05) is 5.39 Å². The van der Waals surface area contributed by atoms with Gasteiger partial charge in [0.2, 0.25) is 0 Å². The van der Waals surface area contributed by atoms with Gasteiger partial charge in [-0.1, -0.05) is 25.1 Å². The molecule has 9 nitrogen and oxygen atoms in total. The lowest BCUT2D eigenvalue weighted by Crippen LogP contribution is -2.51. The molecule has 0 saturated heterocycles. The molecule has 152 valence electrons. The summed E-state index contributed by atoms with van der Waals surface area (Å²) < 4.78 is 15.4. The zero-order chi connectivity index (χ0) is 21.0. The van der Waals surface area contributed by atoms with E-state index in [1.54, 1.807) is 38.1 Å². The fourth-order valence-corrected chi connectivity index (χ4v) is 3.00. The van der Waals surface area contributed by atoms with Crippen LogP contribution in [0.1, 0.15) is 30.6 Å². The van der Waals surface area contributed by atoms with E-state index >= 15 is 0 Å². The van der Waals surface area contributed by atoms with Gasteiger partial charge in [-0.3, -0.25) is 0 Å². The van der Waals surface area contributed by atoms with Gasteiger partial charge in [0.1, 0.15) is 17.8 Å². The number of carbonyl (C=O) groups excluding carboxylic acids is 3. The Bertz CT molecular complexity index is 1050. The van der Waals surface area contributed by atoms with Crippen molar-refractivity contribution in [3.63, 3.8) is 0 Å². The standard InChI is InChI=1S/C20H20N2O7/c1-3-13-16(19(25)27-4-2)14(22-20(26)21-13)10-28-17(23)12-9-11-7-5-6-8-15(11)29-18(12)24/h5-9,13H,3-4,10H2,1-2H3,(H2,21,22,26)/t13-/m1/s1. The first kappa shape index (κ1) is 20.1. The lowest BCUT2D eigenvalue weighted by molar-refractivity contribution is -0.139. The predicted octanol–water partition coefficient (Wildman–Crippen LogP) is 1.86. The Labute approximate surface area is 165 Å². The molecular formula is C20H20N2O7. The van der Waals surface area contributed by atoms with Crippen molar-refractivity contribution in [1.82, 2.24) is 10.6 Å². The quantitative estimate of drug-likeness (QED) is 0.560. The molecule has 2 N–H and O–H groups in total. The zero-order valence-corrected chi connectivity index (χ0v) is 15.9. The SMILES string of the molecule is CCOC(=O)C1=C(COC(=O)c2cc3ccccc3oc2=O)NC(=O)N[C@@H]1CC. The van der Waals surface area contributed by atoms with Crippen molar-refractivity contribution in [2.45, 2.75) is 26.3 Å². The van der Waals surface area contributed by atoms with E-state index in [2.05, 4.69) is 10.6 Å². The predicted molar refractivity (Wildman–Crippen MR) is 102 cm³/mol. The van der Waals surface area contributed by atoms with Gasteiger partial charge in [0.05, 0.1) is 23.9 Å². The summed E-state index contributed by atoms with van der Waals surface area (Å²) in [5.41, 5.74) is -0.494. The Morgan fingerprint density at radius 3 is 2.59 bits per heavy atom. The van der Waals surface area contributed by atoms with Crippen LogP contribution in [0.5, 0.6) is 0 Å². The van der Waals surface area contributed by atoms with Crippen LogP contribution in [0.3, 0.4) is 0 Å². The number of urea groups is 1. The van der Waals surface area contributed by atoms with Crippen molar-refractivity contribution in [3.05, 3.63) is 57.6 Å². The molecule has 2 amide bonds. The van der Waals surface area contributed by atoms with Gasteiger partial charge in [-0.15, -0.1) is 0 Å². The van der Waals surface area contributed by atoms with Crippen molar-refractivity contribution >= 4 is 28.9 Å². The molecule has 9 heteroatoms. The summed E-state index contributed by atoms with van der Waals surface area (Å²) in [6.07, 6.45) is 0.438. The average molecular weight is 400 g/mol. The second-order valence-electron chi connectivity index (χ2n) is 6.23. The van der Waals surface area contributed by atoms with Crippen molar-refractivity contribution in [1.29, 1.82) is 0 Å². The van der Waals surface area contributed by atoms with E-state index in [1.165, 1.54) is 6.07 Å². The number of benzene rings is 1. The molecule has 0 unspecified atom stereocenters. The molecule has 1 aliphatic heterocycles. The monoisotopic (exact) mass is 400 g/mol. The van der Waals surface area contributed by atoms with Gasteiger partial charge in [-0.2, -0.15) is 0 Å². The topological polar surface area (TPSA) is 124 Å². The van der Waals surface area contributed by atoms with Crippen molar-refractivity contribution in [2.24, 2.45) is 0 Å². The van der Waals surface area contributed by atoms with E-state index in [9.17, 15) is 19.2 Å². The van der Waals surface area contributed by atoms with Crippen LogP contribution >= 0.6 is 0 Å². The van der Waals surface area contributed by atoms with Crippen molar-refractivity contribution < 1.29 is 28.3 Å². The highest BCUT2D eigenvalue weighted by molar-refractivity contribution is 5.95. The van der Waals surface area contributed by atoms with Crippen molar-refractivity contribution in [3.8, 4) is 0 Å². The van der Waals surface area contributed by atoms with Crippen LogP contribution in [0.15, 0.2) is 50.8 Å². The molecule has 1 aromatic carbocycles. The van der Waals surface area contributed by atoms with Crippen LogP contribution in [0.2, 0.25) is 0 Å². The van der Waals surface area contributed by atoms with E-state index in [0.29, 0.717) is 17.4 Å². The highest BCUT2D eigenvalue weighted by Crippen LogP contribution is 2.18. The molecule has 1 aliphatic rings. The number of ether oxygens (including phenoxy) is 2. The van der Waals surface area contributed by atoms with E-state index in [-0.39, 0.29) is 23.4 Å². The maximum absolute atomic E-state index is 12.4. The molecule has 0 radical (unpaired) electrons. The molecule has 3 rings (SSSR count). The minimum Gasteiger partial charge on any atom is -0.463 e. The van der Waals surface area contributed by atoms with Crippen LogP contribution in [0.4, 0.5) is 4.79 Å². The number of hydrogen-bond acceptors (Lipinski definition) is 7. The summed E-state index contributed by atoms with van der Waals surface area (Å²) in [6, 6.07) is 7.01. The molecule has 2 heterocycles. The molecule has 0 aliphatic carbocycles. The number of nitrogens with one attached hydrogen (secondary N) is 2. The highest BCUT2D eigenvalue weighted by atomic mass is 16.5. The molecule has 0 spiro atoms. The van der Waals surface area contributed by atoms with Gasteiger partial charge in [0.25, 0.3) is 0 Å². The van der Waals surface area contributed by atoms with Gasteiger partial charge < -0.3 is 24.5 Å². The summed E-state index contributed by atoms with van der Waals surface area (Å²) in [7, 11) is 0. The van der Waals surface area contributed by atoms with E-state index in [0.717, 1.165) is 0 Å². The van der Waals surface area contributed by atoms with Gasteiger partial charge in [-0.25, -0.2) is 19.2 Å². The lowest BCUT2D eigenvalue weighted by Gasteiger charge is -2.28. The van der Waals surface area contributed by atoms with E-state index in [4.69, 9.17) is 13.9 Å². The van der Waals surface area contributed by atoms with Gasteiger partial charge in [0.15, 0.2) is 0 Å². The van der Waals surface area contributed by atoms with Crippen LogP contribution in [-0.2, 0) is 14.3 Å². The molecule has 0 fully saturated rings. The average Bonchev–Trinajstić information content (AvgIpc) is 2.71. The fraction of sp³-hybridized carbons (Fsp3) is 0.300. The molecular weight excluding hydrogens is 380 g/mol. The van der Waals surface area contributed by atoms with Crippen LogP contribution in [0, 0.1) is 0 Å². The fourth-order valence-electron chi connectivity index (χ4n) is 3.00. The Morgan fingerprint density at radius 2 is 1.86 bits per heavy atom. The number of fused-ring (bicyclic) bond motifs is 1. The Kier molecular flexibility index (Phi) is 5.96. The minimum atomic E-state index is -0.930. The van der Waals surface area contributed by atoms with Crippen LogP contribution in [0.25, 0.3) is 11.0 Å².